The number of hydrogen-bond donors (Lipinski definition) is 10. The second-order valence-electron chi connectivity index (χ2n) is 8.65. The fraction of sp³-hybridized carbons (Fsp3) is 1.00. The van der Waals surface area contributed by atoms with Crippen LogP contribution in [0.3, 0.4) is 0 Å². The van der Waals surface area contributed by atoms with Crippen LogP contribution in [0.4, 0.5) is 0 Å². The quantitative estimate of drug-likeness (QED) is 0.155. The second kappa shape index (κ2) is 11.6. The van der Waals surface area contributed by atoms with Gasteiger partial charge in [0.25, 0.3) is 0 Å². The first-order valence-electron chi connectivity index (χ1n) is 10.9. The summed E-state index contributed by atoms with van der Waals surface area (Å²) in [6.07, 6.45) is -22.6. The van der Waals surface area contributed by atoms with Crippen molar-refractivity contribution in [3.63, 3.8) is 0 Å². The highest BCUT2D eigenvalue weighted by atomic mass is 16.7. The first kappa shape index (κ1) is 28.0. The van der Waals surface area contributed by atoms with Gasteiger partial charge < -0.3 is 74.7 Å². The fourth-order valence-electron chi connectivity index (χ4n) is 4.26. The maximum absolute atomic E-state index is 10.6. The zero-order valence-corrected chi connectivity index (χ0v) is 18.3. The number of aliphatic hydroxyl groups excluding tert-OH is 10. The average Bonchev–Trinajstić information content (AvgIpc) is 2.83. The van der Waals surface area contributed by atoms with Crippen LogP contribution in [0.25, 0.3) is 0 Å². The molecule has 3 heterocycles. The van der Waals surface area contributed by atoms with E-state index in [9.17, 15) is 51.1 Å². The van der Waals surface area contributed by atoms with E-state index in [2.05, 4.69) is 0 Å². The van der Waals surface area contributed by atoms with Gasteiger partial charge in [0.15, 0.2) is 12.6 Å². The molecule has 3 aliphatic rings. The molecule has 0 aliphatic carbocycles. The summed E-state index contributed by atoms with van der Waals surface area (Å²) in [5, 5.41) is 100. The Labute approximate surface area is 194 Å². The van der Waals surface area contributed by atoms with Gasteiger partial charge in [-0.05, 0) is 6.92 Å². The lowest BCUT2D eigenvalue weighted by molar-refractivity contribution is -0.372. The largest absolute Gasteiger partial charge is 0.394 e. The molecular formula is C19H34O15. The first-order valence-corrected chi connectivity index (χ1v) is 10.9. The van der Waals surface area contributed by atoms with Gasteiger partial charge in [0.05, 0.1) is 25.9 Å². The lowest BCUT2D eigenvalue weighted by Gasteiger charge is -2.48. The molecule has 0 aromatic rings. The van der Waals surface area contributed by atoms with Gasteiger partial charge in [0.2, 0.25) is 0 Å². The topological polar surface area (TPSA) is 248 Å². The Morgan fingerprint density at radius 3 is 1.41 bits per heavy atom. The molecule has 0 radical (unpaired) electrons. The van der Waals surface area contributed by atoms with Gasteiger partial charge in [-0.1, -0.05) is 0 Å². The minimum atomic E-state index is -1.85. The van der Waals surface area contributed by atoms with Crippen molar-refractivity contribution in [1.82, 2.24) is 0 Å². The minimum Gasteiger partial charge on any atom is -0.394 e. The molecule has 3 rings (SSSR count). The predicted octanol–water partition coefficient (Wildman–Crippen LogP) is -6.50. The van der Waals surface area contributed by atoms with Crippen molar-refractivity contribution >= 4 is 0 Å². The van der Waals surface area contributed by atoms with Gasteiger partial charge in [-0.25, -0.2) is 0 Å². The Balaban J connectivity index is 1.72. The lowest BCUT2D eigenvalue weighted by Crippen LogP contribution is -2.66. The van der Waals surface area contributed by atoms with Crippen LogP contribution in [0.1, 0.15) is 6.92 Å². The molecule has 6 unspecified atom stereocenters. The van der Waals surface area contributed by atoms with Crippen LogP contribution in [0.2, 0.25) is 0 Å². The van der Waals surface area contributed by atoms with Gasteiger partial charge in [-0.2, -0.15) is 0 Å². The van der Waals surface area contributed by atoms with Crippen LogP contribution in [-0.4, -0.2) is 163 Å². The Bertz CT molecular complexity index is 635. The Morgan fingerprint density at radius 1 is 0.500 bits per heavy atom. The molecule has 3 aliphatic heterocycles. The van der Waals surface area contributed by atoms with Gasteiger partial charge in [0, 0.05) is 0 Å². The molecule has 3 saturated heterocycles. The smallest absolute Gasteiger partial charge is 0.187 e. The highest BCUT2D eigenvalue weighted by Crippen LogP contribution is 2.32. The number of aliphatic hydroxyl groups is 10. The lowest BCUT2D eigenvalue weighted by atomic mass is 9.94. The summed E-state index contributed by atoms with van der Waals surface area (Å²) in [6, 6.07) is 0. The van der Waals surface area contributed by atoms with Crippen molar-refractivity contribution in [3.8, 4) is 0 Å². The number of ether oxygens (including phenoxy) is 5. The third kappa shape index (κ3) is 5.39. The van der Waals surface area contributed by atoms with Crippen LogP contribution < -0.4 is 0 Å². The molecule has 0 spiro atoms. The summed E-state index contributed by atoms with van der Waals surface area (Å²) >= 11 is 0. The van der Waals surface area contributed by atoms with Crippen molar-refractivity contribution in [2.45, 2.75) is 98.9 Å². The van der Waals surface area contributed by atoms with Crippen molar-refractivity contribution in [3.05, 3.63) is 0 Å². The zero-order chi connectivity index (χ0) is 25.3. The molecule has 10 N–H and O–H groups in total. The second-order valence-corrected chi connectivity index (χ2v) is 8.65. The van der Waals surface area contributed by atoms with E-state index < -0.39 is 112 Å². The highest BCUT2D eigenvalue weighted by molar-refractivity contribution is 4.96. The SMILES string of the molecule is C[C@@H]1OC(CO)[C@H](O[C@@H]2OC(CO)[C@H](OC3OC(CO)[C@H](O)[C@H](O)[C@H]3O)[C@H](O)C2O)[C@H](O)C1O. The first-order chi connectivity index (χ1) is 16.0. The molecular weight excluding hydrogens is 468 g/mol. The molecule has 0 amide bonds. The van der Waals surface area contributed by atoms with Gasteiger partial charge in [-0.3, -0.25) is 0 Å². The normalized spacial score (nSPS) is 52.5. The summed E-state index contributed by atoms with van der Waals surface area (Å²) in [5.74, 6) is 0. The van der Waals surface area contributed by atoms with E-state index in [1.165, 1.54) is 6.92 Å². The average molecular weight is 502 g/mol. The summed E-state index contributed by atoms with van der Waals surface area (Å²) in [6.45, 7) is -0.626. The summed E-state index contributed by atoms with van der Waals surface area (Å²) in [4.78, 5) is 0. The van der Waals surface area contributed by atoms with Gasteiger partial charge in [-0.15, -0.1) is 0 Å². The van der Waals surface area contributed by atoms with Gasteiger partial charge >= 0.3 is 0 Å². The molecule has 0 saturated carbocycles. The molecule has 200 valence electrons. The summed E-state index contributed by atoms with van der Waals surface area (Å²) in [5.41, 5.74) is 0. The Morgan fingerprint density at radius 2 is 0.912 bits per heavy atom. The van der Waals surface area contributed by atoms with E-state index in [1.807, 2.05) is 0 Å². The van der Waals surface area contributed by atoms with E-state index in [1.54, 1.807) is 0 Å². The monoisotopic (exact) mass is 502 g/mol. The Kier molecular flexibility index (Phi) is 9.57. The molecule has 15 atom stereocenters. The highest BCUT2D eigenvalue weighted by Gasteiger charge is 2.52. The zero-order valence-electron chi connectivity index (χ0n) is 18.3. The van der Waals surface area contributed by atoms with Crippen LogP contribution in [0.15, 0.2) is 0 Å². The van der Waals surface area contributed by atoms with Crippen molar-refractivity contribution < 1.29 is 74.7 Å². The molecule has 0 aromatic carbocycles. The minimum absolute atomic E-state index is 0.601. The molecule has 3 fully saturated rings. The van der Waals surface area contributed by atoms with Crippen molar-refractivity contribution in [2.24, 2.45) is 0 Å². The third-order valence-corrected chi connectivity index (χ3v) is 6.35. The van der Waals surface area contributed by atoms with Crippen molar-refractivity contribution in [2.75, 3.05) is 19.8 Å². The van der Waals surface area contributed by atoms with E-state index in [4.69, 9.17) is 23.7 Å². The van der Waals surface area contributed by atoms with Crippen molar-refractivity contribution in [1.29, 1.82) is 0 Å². The molecule has 0 bridgehead atoms. The maximum Gasteiger partial charge on any atom is 0.187 e. The molecule has 0 aromatic heterocycles. The standard InChI is InChI=1S/C19H34O15/c1-5-9(23)12(26)16(7(3-21)30-5)33-19-15(29)13(27)17(8(4-22)32-19)34-18-14(28)11(25)10(24)6(2-20)31-18/h5-29H,2-4H2,1H3/t5-,6?,7?,8?,9?,10-,11-,12+,13+,14+,15?,16-,17-,18?,19-/m0/s1. The third-order valence-electron chi connectivity index (χ3n) is 6.35. The molecule has 15 heteroatoms. The van der Waals surface area contributed by atoms with E-state index in [0.717, 1.165) is 0 Å². The Hall–Kier alpha value is -0.600. The van der Waals surface area contributed by atoms with E-state index >= 15 is 0 Å². The summed E-state index contributed by atoms with van der Waals surface area (Å²) in [7, 11) is 0. The number of hydrogen-bond acceptors (Lipinski definition) is 15. The van der Waals surface area contributed by atoms with Gasteiger partial charge in [0.1, 0.15) is 73.2 Å². The maximum atomic E-state index is 10.6. The fourth-order valence-corrected chi connectivity index (χ4v) is 4.26. The molecule has 34 heavy (non-hydrogen) atoms. The number of rotatable bonds is 7. The van der Waals surface area contributed by atoms with Crippen LogP contribution in [0.5, 0.6) is 0 Å². The molecule has 15 nitrogen and oxygen atoms in total. The van der Waals surface area contributed by atoms with Crippen LogP contribution >= 0.6 is 0 Å². The van der Waals surface area contributed by atoms with Crippen LogP contribution in [0, 0.1) is 0 Å². The van der Waals surface area contributed by atoms with Crippen LogP contribution in [-0.2, 0) is 23.7 Å². The predicted molar refractivity (Wildman–Crippen MR) is 105 cm³/mol. The van der Waals surface area contributed by atoms with E-state index in [0.29, 0.717) is 0 Å². The summed E-state index contributed by atoms with van der Waals surface area (Å²) < 4.78 is 27.1. The van der Waals surface area contributed by atoms with E-state index in [-0.39, 0.29) is 0 Å².